The van der Waals surface area contributed by atoms with Crippen molar-refractivity contribution in [2.24, 2.45) is 0 Å². The lowest BCUT2D eigenvalue weighted by atomic mass is 10.1. The maximum absolute atomic E-state index is 12.8. The van der Waals surface area contributed by atoms with E-state index in [9.17, 15) is 18.0 Å². The van der Waals surface area contributed by atoms with E-state index >= 15 is 0 Å². The molecule has 0 fully saturated rings. The number of anilines is 1. The van der Waals surface area contributed by atoms with E-state index in [1.54, 1.807) is 48.5 Å². The van der Waals surface area contributed by atoms with Gasteiger partial charge in [0.15, 0.2) is 0 Å². The van der Waals surface area contributed by atoms with E-state index in [0.717, 1.165) is 5.56 Å². The number of para-hydroxylation sites is 2. The Morgan fingerprint density at radius 3 is 2.28 bits per heavy atom. The molecule has 0 atom stereocenters. The van der Waals surface area contributed by atoms with Gasteiger partial charge in [0.2, 0.25) is 0 Å². The van der Waals surface area contributed by atoms with Crippen LogP contribution in [0.1, 0.15) is 26.3 Å². The molecule has 2 N–H and O–H groups in total. The van der Waals surface area contributed by atoms with Crippen molar-refractivity contribution in [1.29, 1.82) is 0 Å². The standard InChI is InChI=1S/C23H22N2O6S/c1-30-21-9-4-3-8-20(21)25-32(28,29)19-7-5-6-18(14-19)22(26)24-15-16-10-12-17(13-11-16)23(27)31-2/h3-14,25H,15H2,1-2H3,(H,24,26). The Balaban J connectivity index is 1.70. The van der Waals surface area contributed by atoms with Crippen molar-refractivity contribution in [2.75, 3.05) is 18.9 Å². The van der Waals surface area contributed by atoms with Gasteiger partial charge in [0.05, 0.1) is 30.4 Å². The molecule has 32 heavy (non-hydrogen) atoms. The van der Waals surface area contributed by atoms with Gasteiger partial charge in [0, 0.05) is 12.1 Å². The highest BCUT2D eigenvalue weighted by molar-refractivity contribution is 7.92. The lowest BCUT2D eigenvalue weighted by Gasteiger charge is -2.12. The Labute approximate surface area is 186 Å². The molecule has 0 unspecified atom stereocenters. The summed E-state index contributed by atoms with van der Waals surface area (Å²) in [6, 6.07) is 19.0. The average molecular weight is 455 g/mol. The average Bonchev–Trinajstić information content (AvgIpc) is 2.82. The number of hydrogen-bond donors (Lipinski definition) is 2. The molecule has 0 aliphatic heterocycles. The molecule has 9 heteroatoms. The van der Waals surface area contributed by atoms with Crippen LogP contribution in [0.15, 0.2) is 77.7 Å². The van der Waals surface area contributed by atoms with E-state index in [-0.39, 0.29) is 17.0 Å². The van der Waals surface area contributed by atoms with Crippen LogP contribution in [-0.2, 0) is 21.3 Å². The summed E-state index contributed by atoms with van der Waals surface area (Å²) in [6.45, 7) is 0.205. The van der Waals surface area contributed by atoms with E-state index < -0.39 is 21.9 Å². The summed E-state index contributed by atoms with van der Waals surface area (Å²) in [5.74, 6) is -0.500. The zero-order valence-electron chi connectivity index (χ0n) is 17.5. The van der Waals surface area contributed by atoms with Gasteiger partial charge in [-0.2, -0.15) is 0 Å². The molecular weight excluding hydrogens is 432 g/mol. The summed E-state index contributed by atoms with van der Waals surface area (Å²) in [6.07, 6.45) is 0. The largest absolute Gasteiger partial charge is 0.495 e. The molecule has 0 saturated heterocycles. The first-order valence-electron chi connectivity index (χ1n) is 9.55. The van der Waals surface area contributed by atoms with Crippen molar-refractivity contribution >= 4 is 27.6 Å². The summed E-state index contributed by atoms with van der Waals surface area (Å²) >= 11 is 0. The molecule has 0 aromatic heterocycles. The smallest absolute Gasteiger partial charge is 0.337 e. The summed E-state index contributed by atoms with van der Waals surface area (Å²) in [7, 11) is -1.19. The van der Waals surface area contributed by atoms with Crippen molar-refractivity contribution in [3.63, 3.8) is 0 Å². The molecule has 0 aliphatic carbocycles. The maximum atomic E-state index is 12.8. The molecule has 0 heterocycles. The fourth-order valence-corrected chi connectivity index (χ4v) is 4.01. The summed E-state index contributed by atoms with van der Waals surface area (Å²) in [4.78, 5) is 24.0. The van der Waals surface area contributed by atoms with Crippen LogP contribution < -0.4 is 14.8 Å². The van der Waals surface area contributed by atoms with Gasteiger partial charge in [-0.25, -0.2) is 13.2 Å². The Bertz CT molecular complexity index is 1220. The fraction of sp³-hybridized carbons (Fsp3) is 0.130. The molecular formula is C23H22N2O6S. The predicted molar refractivity (Wildman–Crippen MR) is 119 cm³/mol. The summed E-state index contributed by atoms with van der Waals surface area (Å²) < 4.78 is 37.9. The number of amides is 1. The van der Waals surface area contributed by atoms with Crippen molar-refractivity contribution in [3.05, 3.63) is 89.5 Å². The lowest BCUT2D eigenvalue weighted by molar-refractivity contribution is 0.0600. The van der Waals surface area contributed by atoms with Gasteiger partial charge < -0.3 is 14.8 Å². The molecule has 3 aromatic rings. The number of carbonyl (C=O) groups excluding carboxylic acids is 2. The Kier molecular flexibility index (Phi) is 7.11. The second-order valence-electron chi connectivity index (χ2n) is 6.70. The highest BCUT2D eigenvalue weighted by Gasteiger charge is 2.18. The zero-order chi connectivity index (χ0) is 23.1. The Morgan fingerprint density at radius 1 is 0.875 bits per heavy atom. The highest BCUT2D eigenvalue weighted by Crippen LogP contribution is 2.26. The van der Waals surface area contributed by atoms with E-state index in [1.807, 2.05) is 0 Å². The van der Waals surface area contributed by atoms with Crippen molar-refractivity contribution < 1.29 is 27.5 Å². The number of esters is 1. The third kappa shape index (κ3) is 5.44. The van der Waals surface area contributed by atoms with Crippen molar-refractivity contribution in [2.45, 2.75) is 11.4 Å². The lowest BCUT2D eigenvalue weighted by Crippen LogP contribution is -2.23. The first kappa shape index (κ1) is 22.8. The second kappa shape index (κ2) is 9.97. The van der Waals surface area contributed by atoms with Crippen LogP contribution in [0.25, 0.3) is 0 Å². The number of ether oxygens (including phenoxy) is 2. The number of methoxy groups -OCH3 is 2. The van der Waals surface area contributed by atoms with Crippen LogP contribution in [0.3, 0.4) is 0 Å². The number of rotatable bonds is 8. The van der Waals surface area contributed by atoms with Gasteiger partial charge in [0.1, 0.15) is 5.75 Å². The minimum Gasteiger partial charge on any atom is -0.495 e. The van der Waals surface area contributed by atoms with Gasteiger partial charge in [-0.05, 0) is 48.0 Å². The van der Waals surface area contributed by atoms with Gasteiger partial charge >= 0.3 is 5.97 Å². The van der Waals surface area contributed by atoms with Crippen LogP contribution in [0.5, 0.6) is 5.75 Å². The monoisotopic (exact) mass is 454 g/mol. The van der Waals surface area contributed by atoms with Gasteiger partial charge in [0.25, 0.3) is 15.9 Å². The normalized spacial score (nSPS) is 10.8. The molecule has 166 valence electrons. The number of benzene rings is 3. The fourth-order valence-electron chi connectivity index (χ4n) is 2.90. The molecule has 0 bridgehead atoms. The van der Waals surface area contributed by atoms with Gasteiger partial charge in [-0.3, -0.25) is 9.52 Å². The van der Waals surface area contributed by atoms with E-state index in [0.29, 0.717) is 17.0 Å². The summed E-state index contributed by atoms with van der Waals surface area (Å²) in [5.41, 5.74) is 1.66. The van der Waals surface area contributed by atoms with Crippen LogP contribution >= 0.6 is 0 Å². The molecule has 3 aromatic carbocycles. The minimum absolute atomic E-state index is 0.0570. The molecule has 1 amide bonds. The third-order valence-electron chi connectivity index (χ3n) is 4.59. The first-order valence-corrected chi connectivity index (χ1v) is 11.0. The van der Waals surface area contributed by atoms with E-state index in [2.05, 4.69) is 14.8 Å². The molecule has 3 rings (SSSR count). The predicted octanol–water partition coefficient (Wildman–Crippen LogP) is 3.21. The summed E-state index contributed by atoms with van der Waals surface area (Å²) in [5, 5.41) is 2.73. The highest BCUT2D eigenvalue weighted by atomic mass is 32.2. The Hall–Kier alpha value is -3.85. The maximum Gasteiger partial charge on any atom is 0.337 e. The van der Waals surface area contributed by atoms with Crippen LogP contribution in [0, 0.1) is 0 Å². The van der Waals surface area contributed by atoms with E-state index in [1.165, 1.54) is 38.5 Å². The van der Waals surface area contributed by atoms with Crippen LogP contribution in [0.2, 0.25) is 0 Å². The topological polar surface area (TPSA) is 111 Å². The quantitative estimate of drug-likeness (QED) is 0.506. The van der Waals surface area contributed by atoms with Crippen LogP contribution in [-0.4, -0.2) is 34.5 Å². The number of nitrogens with one attached hydrogen (secondary N) is 2. The number of sulfonamides is 1. The molecule has 0 aliphatic rings. The number of hydrogen-bond acceptors (Lipinski definition) is 6. The van der Waals surface area contributed by atoms with Gasteiger partial charge in [-0.15, -0.1) is 0 Å². The second-order valence-corrected chi connectivity index (χ2v) is 8.39. The van der Waals surface area contributed by atoms with Crippen molar-refractivity contribution in [3.8, 4) is 5.75 Å². The molecule has 0 saturated carbocycles. The van der Waals surface area contributed by atoms with Crippen molar-refractivity contribution in [1.82, 2.24) is 5.32 Å². The molecule has 0 radical (unpaired) electrons. The third-order valence-corrected chi connectivity index (χ3v) is 5.95. The van der Waals surface area contributed by atoms with Crippen LogP contribution in [0.4, 0.5) is 5.69 Å². The van der Waals surface area contributed by atoms with E-state index in [4.69, 9.17) is 4.74 Å². The molecule has 8 nitrogen and oxygen atoms in total. The zero-order valence-corrected chi connectivity index (χ0v) is 18.3. The van der Waals surface area contributed by atoms with Gasteiger partial charge in [-0.1, -0.05) is 30.3 Å². The minimum atomic E-state index is -3.94. The SMILES string of the molecule is COC(=O)c1ccc(CNC(=O)c2cccc(S(=O)(=O)Nc3ccccc3OC)c2)cc1. The molecule has 0 spiro atoms. The Morgan fingerprint density at radius 2 is 1.59 bits per heavy atom. The first-order chi connectivity index (χ1) is 15.3. The number of carbonyl (C=O) groups is 2.